The first-order chi connectivity index (χ1) is 12.8. The van der Waals surface area contributed by atoms with E-state index in [4.69, 9.17) is 0 Å². The number of benzene rings is 1. The van der Waals surface area contributed by atoms with E-state index in [1.54, 1.807) is 0 Å². The highest BCUT2D eigenvalue weighted by Crippen LogP contribution is 2.44. The molecule has 1 N–H and O–H groups in total. The van der Waals surface area contributed by atoms with Crippen molar-refractivity contribution in [1.29, 1.82) is 0 Å². The first kappa shape index (κ1) is 15.9. The molecule has 4 heteroatoms. The van der Waals surface area contributed by atoms with Crippen LogP contribution in [0.1, 0.15) is 48.5 Å². The van der Waals surface area contributed by atoms with E-state index in [2.05, 4.69) is 51.5 Å². The molecule has 1 saturated carbocycles. The van der Waals surface area contributed by atoms with E-state index < -0.39 is 0 Å². The van der Waals surface area contributed by atoms with Gasteiger partial charge >= 0.3 is 0 Å². The number of carbonyl (C=O) groups excluding carboxylic acids is 1. The Morgan fingerprint density at radius 1 is 1.19 bits per heavy atom. The van der Waals surface area contributed by atoms with Gasteiger partial charge in [0.1, 0.15) is 0 Å². The zero-order chi connectivity index (χ0) is 17.5. The van der Waals surface area contributed by atoms with Gasteiger partial charge < -0.3 is 5.32 Å². The molecular formula is C22H25N3O. The Bertz CT molecular complexity index is 838. The third-order valence-corrected chi connectivity index (χ3v) is 6.37. The molecule has 3 aliphatic rings. The second kappa shape index (κ2) is 6.42. The maximum absolute atomic E-state index is 12.8. The van der Waals surface area contributed by atoms with Gasteiger partial charge in [-0.05, 0) is 49.5 Å². The summed E-state index contributed by atoms with van der Waals surface area (Å²) in [6, 6.07) is 10.6. The van der Waals surface area contributed by atoms with E-state index in [0.717, 1.165) is 32.2 Å². The van der Waals surface area contributed by atoms with E-state index in [9.17, 15) is 4.79 Å². The Hall–Kier alpha value is -2.36. The van der Waals surface area contributed by atoms with Crippen LogP contribution < -0.4 is 5.32 Å². The molecule has 1 aromatic heterocycles. The Labute approximate surface area is 154 Å². The van der Waals surface area contributed by atoms with Gasteiger partial charge in [0, 0.05) is 17.2 Å². The summed E-state index contributed by atoms with van der Waals surface area (Å²) in [7, 11) is 0. The lowest BCUT2D eigenvalue weighted by atomic mass is 9.89. The standard InChI is InChI=1S/C22H25N3O/c26-22(18-12-16-9-10-17(18)11-16)24-20-7-4-8-21-19(20)13-23-25(21)14-15-5-2-1-3-6-15/h1-3,5-6,9-10,13,16-18,20H,4,7-8,11-12,14H2,(H,24,26)/t16-,17-,18-,20-/m1/s1. The van der Waals surface area contributed by atoms with Crippen LogP contribution in [0, 0.1) is 17.8 Å². The average Bonchev–Trinajstić information content (AvgIpc) is 3.39. The number of fused-ring (bicyclic) bond motifs is 3. The highest BCUT2D eigenvalue weighted by molar-refractivity contribution is 5.80. The number of aromatic nitrogens is 2. The van der Waals surface area contributed by atoms with E-state index in [1.807, 2.05) is 12.3 Å². The van der Waals surface area contributed by atoms with Gasteiger partial charge in [-0.15, -0.1) is 0 Å². The topological polar surface area (TPSA) is 46.9 Å². The fourth-order valence-electron chi connectivity index (χ4n) is 5.02. The summed E-state index contributed by atoms with van der Waals surface area (Å²) in [4.78, 5) is 12.8. The molecule has 0 aliphatic heterocycles. The van der Waals surface area contributed by atoms with Gasteiger partial charge in [0.05, 0.1) is 18.8 Å². The molecular weight excluding hydrogens is 322 g/mol. The van der Waals surface area contributed by atoms with E-state index >= 15 is 0 Å². The lowest BCUT2D eigenvalue weighted by Gasteiger charge is -2.27. The number of hydrogen-bond acceptors (Lipinski definition) is 2. The van der Waals surface area contributed by atoms with Crippen molar-refractivity contribution in [2.45, 2.75) is 44.7 Å². The predicted molar refractivity (Wildman–Crippen MR) is 100 cm³/mol. The van der Waals surface area contributed by atoms with Crippen LogP contribution in [-0.4, -0.2) is 15.7 Å². The third kappa shape index (κ3) is 2.77. The molecule has 0 saturated heterocycles. The quantitative estimate of drug-likeness (QED) is 0.859. The van der Waals surface area contributed by atoms with Crippen LogP contribution in [0.4, 0.5) is 0 Å². The molecule has 0 unspecified atom stereocenters. The maximum Gasteiger partial charge on any atom is 0.224 e. The van der Waals surface area contributed by atoms with Gasteiger partial charge in [0.15, 0.2) is 0 Å². The fourth-order valence-corrected chi connectivity index (χ4v) is 5.02. The summed E-state index contributed by atoms with van der Waals surface area (Å²) < 4.78 is 2.11. The fraction of sp³-hybridized carbons (Fsp3) is 0.455. The smallest absolute Gasteiger partial charge is 0.224 e. The number of nitrogens with zero attached hydrogens (tertiary/aromatic N) is 2. The van der Waals surface area contributed by atoms with Gasteiger partial charge in [-0.25, -0.2) is 0 Å². The third-order valence-electron chi connectivity index (χ3n) is 6.37. The van der Waals surface area contributed by atoms with Crippen LogP contribution in [0.15, 0.2) is 48.7 Å². The van der Waals surface area contributed by atoms with Crippen LogP contribution >= 0.6 is 0 Å². The summed E-state index contributed by atoms with van der Waals surface area (Å²) in [5, 5.41) is 7.99. The minimum absolute atomic E-state index is 0.124. The van der Waals surface area contributed by atoms with Gasteiger partial charge in [0.2, 0.25) is 5.91 Å². The lowest BCUT2D eigenvalue weighted by molar-refractivity contribution is -0.126. The summed E-state index contributed by atoms with van der Waals surface area (Å²) in [6.07, 6.45) is 11.9. The molecule has 1 aromatic carbocycles. The summed E-state index contributed by atoms with van der Waals surface area (Å²) in [6.45, 7) is 0.800. The van der Waals surface area contributed by atoms with Crippen molar-refractivity contribution in [2.24, 2.45) is 17.8 Å². The normalized spacial score (nSPS) is 28.9. The van der Waals surface area contributed by atoms with E-state index in [-0.39, 0.29) is 17.9 Å². The number of amides is 1. The van der Waals surface area contributed by atoms with Crippen LogP contribution in [0.5, 0.6) is 0 Å². The molecule has 0 spiro atoms. The maximum atomic E-state index is 12.8. The molecule has 2 aromatic rings. The predicted octanol–water partition coefficient (Wildman–Crippen LogP) is 3.64. The lowest BCUT2D eigenvalue weighted by Crippen LogP contribution is -2.37. The van der Waals surface area contributed by atoms with Gasteiger partial charge in [-0.2, -0.15) is 5.10 Å². The molecule has 3 aliphatic carbocycles. The number of hydrogen-bond donors (Lipinski definition) is 1. The van der Waals surface area contributed by atoms with Crippen LogP contribution in [0.2, 0.25) is 0 Å². The van der Waals surface area contributed by atoms with Gasteiger partial charge in [0.25, 0.3) is 0 Å². The SMILES string of the molecule is O=C(N[C@@H]1CCCc2c1cnn2Cc1ccccc1)[C@@H]1C[C@@H]2C=C[C@@H]1C2. The van der Waals surface area contributed by atoms with Crippen molar-refractivity contribution in [3.63, 3.8) is 0 Å². The van der Waals surface area contributed by atoms with Gasteiger partial charge in [-0.1, -0.05) is 42.5 Å². The van der Waals surface area contributed by atoms with Crippen LogP contribution in [-0.2, 0) is 17.8 Å². The Morgan fingerprint density at radius 2 is 2.08 bits per heavy atom. The van der Waals surface area contributed by atoms with E-state index in [0.29, 0.717) is 11.8 Å². The van der Waals surface area contributed by atoms with Crippen molar-refractivity contribution in [1.82, 2.24) is 15.1 Å². The van der Waals surface area contributed by atoms with Crippen molar-refractivity contribution in [2.75, 3.05) is 0 Å². The Balaban J connectivity index is 1.32. The molecule has 26 heavy (non-hydrogen) atoms. The van der Waals surface area contributed by atoms with Crippen LogP contribution in [0.3, 0.4) is 0 Å². The number of carbonyl (C=O) groups is 1. The Kier molecular flexibility index (Phi) is 3.92. The molecule has 1 heterocycles. The van der Waals surface area contributed by atoms with Gasteiger partial charge in [-0.3, -0.25) is 9.48 Å². The first-order valence-electron chi connectivity index (χ1n) is 9.85. The zero-order valence-electron chi connectivity index (χ0n) is 15.0. The summed E-state index contributed by atoms with van der Waals surface area (Å²) >= 11 is 0. The molecule has 5 rings (SSSR count). The van der Waals surface area contributed by atoms with Crippen LogP contribution in [0.25, 0.3) is 0 Å². The minimum atomic E-state index is 0.124. The highest BCUT2D eigenvalue weighted by atomic mass is 16.2. The number of nitrogens with one attached hydrogen (secondary N) is 1. The molecule has 1 amide bonds. The van der Waals surface area contributed by atoms with Crippen molar-refractivity contribution in [3.05, 3.63) is 65.5 Å². The van der Waals surface area contributed by atoms with Crippen molar-refractivity contribution < 1.29 is 4.79 Å². The largest absolute Gasteiger partial charge is 0.349 e. The van der Waals surface area contributed by atoms with E-state index in [1.165, 1.54) is 23.2 Å². The second-order valence-electron chi connectivity index (χ2n) is 8.03. The summed E-state index contributed by atoms with van der Waals surface area (Å²) in [5.74, 6) is 1.51. The first-order valence-corrected chi connectivity index (χ1v) is 9.85. The monoisotopic (exact) mass is 347 g/mol. The molecule has 4 nitrogen and oxygen atoms in total. The molecule has 0 radical (unpaired) electrons. The minimum Gasteiger partial charge on any atom is -0.349 e. The number of rotatable bonds is 4. The second-order valence-corrected chi connectivity index (χ2v) is 8.03. The number of allylic oxidation sites excluding steroid dienone is 2. The summed E-state index contributed by atoms with van der Waals surface area (Å²) in [5.41, 5.74) is 3.77. The van der Waals surface area contributed by atoms with Crippen molar-refractivity contribution >= 4 is 5.91 Å². The molecule has 4 atom stereocenters. The molecule has 134 valence electrons. The molecule has 2 bridgehead atoms. The highest BCUT2D eigenvalue weighted by Gasteiger charge is 2.40. The van der Waals surface area contributed by atoms with Crippen molar-refractivity contribution in [3.8, 4) is 0 Å². The zero-order valence-corrected chi connectivity index (χ0v) is 15.0. The average molecular weight is 347 g/mol. The Morgan fingerprint density at radius 3 is 2.85 bits per heavy atom. The molecule has 1 fully saturated rings.